The van der Waals surface area contributed by atoms with E-state index >= 15 is 0 Å². The number of nitrogens with zero attached hydrogens (tertiary/aromatic N) is 2. The summed E-state index contributed by atoms with van der Waals surface area (Å²) in [7, 11) is 3.91. The molecule has 21 heavy (non-hydrogen) atoms. The quantitative estimate of drug-likeness (QED) is 0.621. The van der Waals surface area contributed by atoms with Crippen LogP contribution in [0.4, 0.5) is 5.69 Å². The number of rotatable bonds is 1. The van der Waals surface area contributed by atoms with Crippen LogP contribution >= 0.6 is 0 Å². The monoisotopic (exact) mass is 280 g/mol. The second-order valence-corrected chi connectivity index (χ2v) is 5.40. The zero-order valence-electron chi connectivity index (χ0n) is 12.4. The van der Waals surface area contributed by atoms with E-state index in [0.717, 1.165) is 29.1 Å². The topological polar surface area (TPSA) is 58.5 Å². The molecule has 3 rings (SSSR count). The zero-order chi connectivity index (χ0) is 15.0. The van der Waals surface area contributed by atoms with Crippen molar-refractivity contribution in [2.24, 2.45) is 11.6 Å². The number of anilines is 1. The lowest BCUT2D eigenvalue weighted by Crippen LogP contribution is -2.30. The molecule has 0 unspecified atom stereocenters. The van der Waals surface area contributed by atoms with Gasteiger partial charge in [-0.2, -0.15) is 0 Å². The maximum Gasteiger partial charge on any atom is 0.0826 e. The number of fused-ring (bicyclic) bond motifs is 2. The first kappa shape index (κ1) is 13.5. The Hall–Kier alpha value is -2.46. The summed E-state index contributed by atoms with van der Waals surface area (Å²) in [6.07, 6.45) is 0. The van der Waals surface area contributed by atoms with Gasteiger partial charge in [0.2, 0.25) is 0 Å². The molecule has 4 heteroatoms. The molecular weight excluding hydrogens is 260 g/mol. The second kappa shape index (κ2) is 5.14. The number of hydrazine groups is 1. The highest BCUT2D eigenvalue weighted by Gasteiger charge is 2.21. The van der Waals surface area contributed by atoms with E-state index in [1.165, 1.54) is 5.56 Å². The van der Waals surface area contributed by atoms with Crippen LogP contribution in [0.5, 0.6) is 0 Å². The minimum atomic E-state index is 0.703. The van der Waals surface area contributed by atoms with Crippen molar-refractivity contribution in [1.82, 2.24) is 5.01 Å². The fourth-order valence-corrected chi connectivity index (χ4v) is 2.92. The standard InChI is InChI=1S/C17H20N4/c1-20-11-12-7-3-4-8-13(12)17(21(2)19)16(18)14-9-5-6-10-15(14)20/h3-10H,11,18-19H2,1-2H3/b17-16-. The largest absolute Gasteiger partial charge is 0.396 e. The van der Waals surface area contributed by atoms with E-state index in [1.807, 2.05) is 37.4 Å². The molecule has 0 spiro atoms. The average molecular weight is 280 g/mol. The minimum Gasteiger partial charge on any atom is -0.396 e. The van der Waals surface area contributed by atoms with Crippen molar-refractivity contribution >= 4 is 17.1 Å². The summed E-state index contributed by atoms with van der Waals surface area (Å²) < 4.78 is 0. The number of nitrogens with two attached hydrogens (primary N) is 2. The third-order valence-corrected chi connectivity index (χ3v) is 3.89. The zero-order valence-corrected chi connectivity index (χ0v) is 12.4. The van der Waals surface area contributed by atoms with Crippen LogP contribution in [0.1, 0.15) is 16.7 Å². The Morgan fingerprint density at radius 2 is 1.62 bits per heavy atom. The Bertz CT molecular complexity index is 703. The lowest BCUT2D eigenvalue weighted by Gasteiger charge is -2.30. The molecule has 2 aromatic carbocycles. The Balaban J connectivity index is 2.35. The van der Waals surface area contributed by atoms with Gasteiger partial charge < -0.3 is 15.6 Å². The van der Waals surface area contributed by atoms with E-state index in [9.17, 15) is 0 Å². The first-order chi connectivity index (χ1) is 10.1. The molecule has 1 aliphatic rings. The van der Waals surface area contributed by atoms with E-state index in [1.54, 1.807) is 5.01 Å². The summed E-state index contributed by atoms with van der Waals surface area (Å²) in [4.78, 5) is 2.22. The molecule has 108 valence electrons. The van der Waals surface area contributed by atoms with E-state index in [-0.39, 0.29) is 0 Å². The number of hydrogen-bond acceptors (Lipinski definition) is 4. The van der Waals surface area contributed by atoms with Gasteiger partial charge in [-0.1, -0.05) is 42.5 Å². The average Bonchev–Trinajstić information content (AvgIpc) is 2.47. The molecular formula is C17H20N4. The van der Waals surface area contributed by atoms with Crippen LogP contribution in [0.25, 0.3) is 11.4 Å². The third kappa shape index (κ3) is 2.23. The fraction of sp³-hybridized carbons (Fsp3) is 0.176. The first-order valence-corrected chi connectivity index (χ1v) is 6.96. The van der Waals surface area contributed by atoms with Crippen molar-refractivity contribution in [3.63, 3.8) is 0 Å². The highest BCUT2D eigenvalue weighted by molar-refractivity contribution is 5.93. The van der Waals surface area contributed by atoms with Crippen molar-refractivity contribution in [2.75, 3.05) is 19.0 Å². The first-order valence-electron chi connectivity index (χ1n) is 6.96. The Morgan fingerprint density at radius 3 is 2.33 bits per heavy atom. The summed E-state index contributed by atoms with van der Waals surface area (Å²) in [6.45, 7) is 0.817. The molecule has 0 aromatic heterocycles. The Labute approximate surface area is 125 Å². The van der Waals surface area contributed by atoms with Gasteiger partial charge in [-0.25, -0.2) is 5.84 Å². The van der Waals surface area contributed by atoms with E-state index in [0.29, 0.717) is 5.70 Å². The van der Waals surface area contributed by atoms with Gasteiger partial charge >= 0.3 is 0 Å². The third-order valence-electron chi connectivity index (χ3n) is 3.89. The molecule has 2 aromatic rings. The van der Waals surface area contributed by atoms with Crippen LogP contribution in [-0.4, -0.2) is 19.1 Å². The van der Waals surface area contributed by atoms with Crippen LogP contribution in [0.3, 0.4) is 0 Å². The highest BCUT2D eigenvalue weighted by atomic mass is 15.4. The molecule has 0 amide bonds. The lowest BCUT2D eigenvalue weighted by molar-refractivity contribution is 0.510. The van der Waals surface area contributed by atoms with Gasteiger partial charge in [0, 0.05) is 37.5 Å². The van der Waals surface area contributed by atoms with Crippen molar-refractivity contribution in [1.29, 1.82) is 0 Å². The lowest BCUT2D eigenvalue weighted by atomic mass is 9.96. The molecule has 1 aliphatic heterocycles. The van der Waals surface area contributed by atoms with Crippen LogP contribution in [0, 0.1) is 0 Å². The van der Waals surface area contributed by atoms with Crippen LogP contribution in [0.2, 0.25) is 0 Å². The van der Waals surface area contributed by atoms with Gasteiger partial charge in [-0.3, -0.25) is 0 Å². The van der Waals surface area contributed by atoms with Crippen molar-refractivity contribution in [3.8, 4) is 0 Å². The van der Waals surface area contributed by atoms with E-state index in [2.05, 4.69) is 30.1 Å². The molecule has 0 fully saturated rings. The molecule has 0 saturated heterocycles. The van der Waals surface area contributed by atoms with Gasteiger partial charge in [-0.05, 0) is 11.6 Å². The maximum absolute atomic E-state index is 6.47. The molecule has 0 saturated carbocycles. The minimum absolute atomic E-state index is 0.703. The van der Waals surface area contributed by atoms with Gasteiger partial charge in [0.05, 0.1) is 11.4 Å². The van der Waals surface area contributed by atoms with Crippen LogP contribution in [0.15, 0.2) is 48.5 Å². The van der Waals surface area contributed by atoms with E-state index in [4.69, 9.17) is 11.6 Å². The smallest absolute Gasteiger partial charge is 0.0826 e. The number of hydrogen-bond donors (Lipinski definition) is 2. The van der Waals surface area contributed by atoms with Crippen LogP contribution in [-0.2, 0) is 6.54 Å². The molecule has 4 N–H and O–H groups in total. The molecule has 1 heterocycles. The fourth-order valence-electron chi connectivity index (χ4n) is 2.92. The van der Waals surface area contributed by atoms with Gasteiger partial charge in [0.25, 0.3) is 0 Å². The summed E-state index contributed by atoms with van der Waals surface area (Å²) in [5.74, 6) is 6.07. The normalized spacial score (nSPS) is 17.6. The van der Waals surface area contributed by atoms with Gasteiger partial charge in [0.1, 0.15) is 0 Å². The summed E-state index contributed by atoms with van der Waals surface area (Å²) in [6, 6.07) is 16.4. The van der Waals surface area contributed by atoms with Crippen molar-refractivity contribution in [3.05, 3.63) is 65.2 Å². The Morgan fingerprint density at radius 1 is 1.00 bits per heavy atom. The molecule has 0 radical (unpaired) electrons. The van der Waals surface area contributed by atoms with Crippen LogP contribution < -0.4 is 16.5 Å². The Kier molecular flexibility index (Phi) is 3.31. The summed E-state index contributed by atoms with van der Waals surface area (Å²) in [5.41, 5.74) is 12.5. The SMILES string of the molecule is CN(N)/C1=C(\N)c2ccccc2N(C)Cc2ccccc21. The van der Waals surface area contributed by atoms with Crippen molar-refractivity contribution in [2.45, 2.75) is 6.54 Å². The summed E-state index contributed by atoms with van der Waals surface area (Å²) >= 11 is 0. The number of para-hydroxylation sites is 1. The molecule has 0 bridgehead atoms. The van der Waals surface area contributed by atoms with Gasteiger partial charge in [-0.15, -0.1) is 0 Å². The molecule has 4 nitrogen and oxygen atoms in total. The molecule has 0 aliphatic carbocycles. The van der Waals surface area contributed by atoms with Gasteiger partial charge in [0.15, 0.2) is 0 Å². The summed E-state index contributed by atoms with van der Waals surface area (Å²) in [5, 5.41) is 1.61. The predicted molar refractivity (Wildman–Crippen MR) is 87.9 cm³/mol. The molecule has 0 atom stereocenters. The maximum atomic E-state index is 6.47. The number of benzene rings is 2. The highest BCUT2D eigenvalue weighted by Crippen LogP contribution is 2.34. The van der Waals surface area contributed by atoms with E-state index < -0.39 is 0 Å². The predicted octanol–water partition coefficient (Wildman–Crippen LogP) is 2.23. The van der Waals surface area contributed by atoms with Crippen molar-refractivity contribution < 1.29 is 0 Å². The second-order valence-electron chi connectivity index (χ2n) is 5.40.